The van der Waals surface area contributed by atoms with Gasteiger partial charge in [0.1, 0.15) is 5.82 Å². The number of aromatic nitrogens is 2. The number of ketones is 1. The van der Waals surface area contributed by atoms with E-state index in [9.17, 15) is 14.4 Å². The predicted octanol–water partition coefficient (Wildman–Crippen LogP) is 0.275. The average Bonchev–Trinajstić information content (AvgIpc) is 3.46. The second-order valence-corrected chi connectivity index (χ2v) is 9.14. The highest BCUT2D eigenvalue weighted by molar-refractivity contribution is 6.31. The van der Waals surface area contributed by atoms with Gasteiger partial charge in [0.25, 0.3) is 0 Å². The number of carbonyl (C=O) groups is 3. The van der Waals surface area contributed by atoms with Crippen molar-refractivity contribution in [1.29, 1.82) is 0 Å². The summed E-state index contributed by atoms with van der Waals surface area (Å²) in [6, 6.07) is 0. The minimum atomic E-state index is -0.441. The molecule has 0 radical (unpaired) electrons. The van der Waals surface area contributed by atoms with Crippen LogP contribution in [0, 0.1) is 0 Å². The van der Waals surface area contributed by atoms with Crippen LogP contribution < -0.4 is 22.1 Å². The van der Waals surface area contributed by atoms with E-state index in [0.717, 1.165) is 38.8 Å². The number of nitrogens with one attached hydrogen (secondary N) is 2. The van der Waals surface area contributed by atoms with Crippen LogP contribution in [0.2, 0.25) is 5.15 Å². The Bertz CT molecular complexity index is 984. The lowest BCUT2D eigenvalue weighted by molar-refractivity contribution is -0.137. The van der Waals surface area contributed by atoms with Gasteiger partial charge in [-0.25, -0.2) is 9.97 Å². The van der Waals surface area contributed by atoms with E-state index in [4.69, 9.17) is 23.1 Å². The van der Waals surface area contributed by atoms with E-state index in [1.165, 1.54) is 6.08 Å². The molecule has 1 aromatic heterocycles. The Morgan fingerprint density at radius 2 is 1.58 bits per heavy atom. The van der Waals surface area contributed by atoms with E-state index in [1.54, 1.807) is 0 Å². The summed E-state index contributed by atoms with van der Waals surface area (Å²) in [6.07, 6.45) is 5.46. The molecule has 6 N–H and O–H groups in total. The molecule has 0 unspecified atom stereocenters. The largest absolute Gasteiger partial charge is 0.382 e. The fourth-order valence-corrected chi connectivity index (χ4v) is 4.66. The normalized spacial score (nSPS) is 20.7. The summed E-state index contributed by atoms with van der Waals surface area (Å²) in [6.45, 7) is 3.43. The maximum atomic E-state index is 12.6. The Labute approximate surface area is 196 Å². The number of anilines is 2. The number of hydrogen-bond donors (Lipinski definition) is 4. The summed E-state index contributed by atoms with van der Waals surface area (Å²) < 4.78 is 0. The third-order valence-corrected chi connectivity index (χ3v) is 6.79. The number of likely N-dealkylation sites (tertiary alicyclic amines) is 2. The van der Waals surface area contributed by atoms with Gasteiger partial charge < -0.3 is 31.9 Å². The molecule has 1 aromatic rings. The highest BCUT2D eigenvalue weighted by Crippen LogP contribution is 2.27. The zero-order valence-corrected chi connectivity index (χ0v) is 19.2. The zero-order valence-electron chi connectivity index (χ0n) is 18.4. The number of allylic oxidation sites excluding steroid dienone is 1. The van der Waals surface area contributed by atoms with Gasteiger partial charge in [-0.1, -0.05) is 11.6 Å². The molecule has 0 bridgehead atoms. The SMILES string of the molecule is Nc1nc(N)c(C(=O)/C=C2\NCC3(CCN(C(=O)CCC(=O)N4CCCC4)CC3)N2)nc1Cl. The molecule has 11 nitrogen and oxygen atoms in total. The molecule has 12 heteroatoms. The minimum absolute atomic E-state index is 0.0172. The number of nitrogens with zero attached hydrogens (tertiary/aromatic N) is 4. The zero-order chi connectivity index (χ0) is 23.6. The Morgan fingerprint density at radius 3 is 2.21 bits per heavy atom. The van der Waals surface area contributed by atoms with Crippen LogP contribution >= 0.6 is 11.6 Å². The van der Waals surface area contributed by atoms with Crippen LogP contribution in [0.15, 0.2) is 11.9 Å². The fourth-order valence-electron chi connectivity index (χ4n) is 4.53. The van der Waals surface area contributed by atoms with Crippen LogP contribution in [-0.4, -0.2) is 75.6 Å². The van der Waals surface area contributed by atoms with Gasteiger partial charge in [0.2, 0.25) is 17.6 Å². The maximum Gasteiger partial charge on any atom is 0.223 e. The number of carbonyl (C=O) groups excluding carboxylic acids is 3. The second-order valence-electron chi connectivity index (χ2n) is 8.78. The van der Waals surface area contributed by atoms with E-state index >= 15 is 0 Å². The highest BCUT2D eigenvalue weighted by Gasteiger charge is 2.40. The van der Waals surface area contributed by atoms with Gasteiger partial charge in [-0.05, 0) is 25.7 Å². The number of amides is 2. The number of halogens is 1. The number of rotatable bonds is 5. The van der Waals surface area contributed by atoms with Crippen molar-refractivity contribution < 1.29 is 14.4 Å². The van der Waals surface area contributed by atoms with Crippen molar-refractivity contribution >= 4 is 40.8 Å². The van der Waals surface area contributed by atoms with E-state index < -0.39 is 5.78 Å². The van der Waals surface area contributed by atoms with Gasteiger partial charge in [-0.15, -0.1) is 0 Å². The third kappa shape index (κ3) is 5.13. The summed E-state index contributed by atoms with van der Waals surface area (Å²) in [5.41, 5.74) is 11.0. The molecule has 33 heavy (non-hydrogen) atoms. The Balaban J connectivity index is 1.29. The fraction of sp³-hybridized carbons (Fsp3) is 0.571. The van der Waals surface area contributed by atoms with Crippen LogP contribution in [0.1, 0.15) is 49.0 Å². The minimum Gasteiger partial charge on any atom is -0.382 e. The van der Waals surface area contributed by atoms with Crippen molar-refractivity contribution in [2.75, 3.05) is 44.2 Å². The molecule has 3 aliphatic rings. The molecule has 2 amide bonds. The summed E-state index contributed by atoms with van der Waals surface area (Å²) in [4.78, 5) is 48.8. The molecule has 4 heterocycles. The highest BCUT2D eigenvalue weighted by atomic mass is 35.5. The quantitative estimate of drug-likeness (QED) is 0.345. The molecule has 0 aromatic carbocycles. The number of hydrogen-bond acceptors (Lipinski definition) is 9. The first kappa shape index (κ1) is 23.1. The number of nitrogen functional groups attached to an aromatic ring is 2. The summed E-state index contributed by atoms with van der Waals surface area (Å²) in [5, 5.41) is 6.52. The van der Waals surface area contributed by atoms with Gasteiger partial charge in [-0.3, -0.25) is 14.4 Å². The Kier molecular flexibility index (Phi) is 6.59. The molecule has 0 aliphatic carbocycles. The van der Waals surface area contributed by atoms with Gasteiger partial charge in [-0.2, -0.15) is 0 Å². The molecule has 1 spiro atoms. The first-order valence-corrected chi connectivity index (χ1v) is 11.6. The Morgan fingerprint density at radius 1 is 0.970 bits per heavy atom. The van der Waals surface area contributed by atoms with Gasteiger partial charge in [0, 0.05) is 51.6 Å². The molecule has 3 aliphatic heterocycles. The molecule has 3 saturated heterocycles. The van der Waals surface area contributed by atoms with Crippen molar-refractivity contribution in [3.05, 3.63) is 22.7 Å². The van der Waals surface area contributed by atoms with Crippen LogP contribution in [-0.2, 0) is 9.59 Å². The smallest absolute Gasteiger partial charge is 0.223 e. The lowest BCUT2D eigenvalue weighted by Crippen LogP contribution is -2.53. The van der Waals surface area contributed by atoms with Crippen molar-refractivity contribution in [3.63, 3.8) is 0 Å². The molecular formula is C21H29ClN8O3. The second kappa shape index (κ2) is 9.42. The third-order valence-electron chi connectivity index (χ3n) is 6.52. The average molecular weight is 477 g/mol. The lowest BCUT2D eigenvalue weighted by atomic mass is 9.88. The van der Waals surface area contributed by atoms with Gasteiger partial charge in [0.05, 0.1) is 5.54 Å². The van der Waals surface area contributed by atoms with Gasteiger partial charge >= 0.3 is 0 Å². The summed E-state index contributed by atoms with van der Waals surface area (Å²) in [7, 11) is 0. The summed E-state index contributed by atoms with van der Waals surface area (Å²) in [5.74, 6) is 0.0961. The van der Waals surface area contributed by atoms with E-state index in [1.807, 2.05) is 9.80 Å². The van der Waals surface area contributed by atoms with Crippen LogP contribution in [0.3, 0.4) is 0 Å². The standard InChI is InChI=1S/C21H29ClN8O3/c22-18-20(24)27-19(23)17(26-18)13(31)11-14-25-12-21(28-14)5-9-30(10-6-21)16(33)4-3-15(32)29-7-1-2-8-29/h11,25,28H,1-10,12H2,(H4,23,24,27)/b14-11+. The van der Waals surface area contributed by atoms with Gasteiger partial charge in [0.15, 0.2) is 22.5 Å². The van der Waals surface area contributed by atoms with Crippen molar-refractivity contribution in [2.24, 2.45) is 0 Å². The van der Waals surface area contributed by atoms with E-state index in [2.05, 4.69) is 20.6 Å². The molecular weight excluding hydrogens is 448 g/mol. The Hall–Kier alpha value is -3.08. The summed E-state index contributed by atoms with van der Waals surface area (Å²) >= 11 is 5.86. The molecule has 0 saturated carbocycles. The van der Waals surface area contributed by atoms with Crippen LogP contribution in [0.4, 0.5) is 11.6 Å². The van der Waals surface area contributed by atoms with Crippen LogP contribution in [0.25, 0.3) is 0 Å². The number of piperidine rings is 1. The van der Waals surface area contributed by atoms with E-state index in [-0.39, 0.29) is 52.7 Å². The monoisotopic (exact) mass is 476 g/mol. The van der Waals surface area contributed by atoms with Crippen molar-refractivity contribution in [2.45, 2.75) is 44.1 Å². The topological polar surface area (TPSA) is 160 Å². The first-order chi connectivity index (χ1) is 15.8. The molecule has 0 atom stereocenters. The molecule has 3 fully saturated rings. The van der Waals surface area contributed by atoms with Crippen molar-refractivity contribution in [1.82, 2.24) is 30.4 Å². The molecule has 4 rings (SSSR count). The van der Waals surface area contributed by atoms with E-state index in [0.29, 0.717) is 25.5 Å². The maximum absolute atomic E-state index is 12.6. The first-order valence-electron chi connectivity index (χ1n) is 11.2. The molecule has 178 valence electrons. The van der Waals surface area contributed by atoms with Crippen molar-refractivity contribution in [3.8, 4) is 0 Å². The number of nitrogens with two attached hydrogens (primary N) is 2. The lowest BCUT2D eigenvalue weighted by Gasteiger charge is -2.39. The predicted molar refractivity (Wildman–Crippen MR) is 123 cm³/mol. The van der Waals surface area contributed by atoms with Crippen LogP contribution in [0.5, 0.6) is 0 Å².